The van der Waals surface area contributed by atoms with E-state index >= 15 is 0 Å². The molecule has 0 aliphatic heterocycles. The number of amides is 1. The van der Waals surface area contributed by atoms with E-state index < -0.39 is 11.7 Å². The average Bonchev–Trinajstić information content (AvgIpc) is 2.72. The van der Waals surface area contributed by atoms with Gasteiger partial charge in [-0.05, 0) is 31.0 Å². The van der Waals surface area contributed by atoms with Gasteiger partial charge in [0.15, 0.2) is 11.6 Å². The molecule has 0 spiro atoms. The molecule has 29 heavy (non-hydrogen) atoms. The van der Waals surface area contributed by atoms with E-state index in [2.05, 4.69) is 20.6 Å². The van der Waals surface area contributed by atoms with Gasteiger partial charge < -0.3 is 22.1 Å². The van der Waals surface area contributed by atoms with Crippen LogP contribution in [0, 0.1) is 5.82 Å². The van der Waals surface area contributed by atoms with Crippen LogP contribution in [0.3, 0.4) is 0 Å². The molecular weight excluding hydrogens is 371 g/mol. The van der Waals surface area contributed by atoms with E-state index in [0.29, 0.717) is 5.69 Å². The average molecular weight is 394 g/mol. The van der Waals surface area contributed by atoms with E-state index in [9.17, 15) is 9.18 Å². The lowest BCUT2D eigenvalue weighted by Crippen LogP contribution is -2.43. The predicted octanol–water partition coefficient (Wildman–Crippen LogP) is 3.29. The van der Waals surface area contributed by atoms with Gasteiger partial charge in [0.1, 0.15) is 5.82 Å². The number of pyridine rings is 2. The van der Waals surface area contributed by atoms with Crippen molar-refractivity contribution in [1.82, 2.24) is 9.97 Å². The largest absolute Gasteiger partial charge is 0.365 e. The van der Waals surface area contributed by atoms with Crippen LogP contribution < -0.4 is 22.1 Å². The lowest BCUT2D eigenvalue weighted by molar-refractivity contribution is 0.100. The Morgan fingerprint density at radius 2 is 1.93 bits per heavy atom. The number of rotatable bonds is 5. The Bertz CT molecular complexity index is 1050. The van der Waals surface area contributed by atoms with E-state index in [1.54, 1.807) is 12.3 Å². The molecule has 1 amide bonds. The van der Waals surface area contributed by atoms with Crippen molar-refractivity contribution in [2.75, 3.05) is 10.6 Å². The summed E-state index contributed by atoms with van der Waals surface area (Å²) in [5.74, 6) is -1.17. The molecule has 7 nitrogen and oxygen atoms in total. The first-order valence-corrected chi connectivity index (χ1v) is 9.66. The summed E-state index contributed by atoms with van der Waals surface area (Å²) in [6.45, 7) is 0. The quantitative estimate of drug-likeness (QED) is 0.527. The molecule has 2 heterocycles. The standard InChI is InChI=1S/C21H23FN6O/c22-14-11-13(19(24)29)20(28-21(14)27-18-8-4-2-6-15(18)23)26-17-9-10-25-16-7-3-1-5-12(16)17/h1,3,5,7,9-11,15,18H,2,4,6,8,23H2,(H2,24,29)(H2,25,26,27,28)/t15-,18+/m0/s1. The smallest absolute Gasteiger partial charge is 0.252 e. The molecule has 0 radical (unpaired) electrons. The molecule has 8 heteroatoms. The molecular formula is C21H23FN6O. The normalized spacial score (nSPS) is 19.1. The zero-order valence-electron chi connectivity index (χ0n) is 15.9. The number of primary amides is 1. The summed E-state index contributed by atoms with van der Waals surface area (Å²) in [6.07, 6.45) is 5.47. The number of nitrogens with one attached hydrogen (secondary N) is 2. The maximum Gasteiger partial charge on any atom is 0.252 e. The van der Waals surface area contributed by atoms with Crippen LogP contribution in [-0.4, -0.2) is 28.0 Å². The summed E-state index contributed by atoms with van der Waals surface area (Å²) < 4.78 is 14.7. The number of hydrogen-bond donors (Lipinski definition) is 4. The zero-order chi connectivity index (χ0) is 20.4. The van der Waals surface area contributed by atoms with Gasteiger partial charge in [0.05, 0.1) is 16.8 Å². The first kappa shape index (κ1) is 19.1. The highest BCUT2D eigenvalue weighted by Crippen LogP contribution is 2.29. The highest BCUT2D eigenvalue weighted by molar-refractivity contribution is 6.00. The van der Waals surface area contributed by atoms with Crippen LogP contribution in [0.25, 0.3) is 10.9 Å². The third-order valence-corrected chi connectivity index (χ3v) is 5.29. The molecule has 1 aliphatic carbocycles. The summed E-state index contributed by atoms with van der Waals surface area (Å²) in [7, 11) is 0. The van der Waals surface area contributed by atoms with Crippen molar-refractivity contribution in [3.63, 3.8) is 0 Å². The fourth-order valence-electron chi connectivity index (χ4n) is 3.72. The van der Waals surface area contributed by atoms with Gasteiger partial charge in [-0.3, -0.25) is 9.78 Å². The number of fused-ring (bicyclic) bond motifs is 1. The molecule has 2 aromatic heterocycles. The maximum absolute atomic E-state index is 14.7. The number of carbonyl (C=O) groups excluding carboxylic acids is 1. The van der Waals surface area contributed by atoms with Crippen molar-refractivity contribution in [1.29, 1.82) is 0 Å². The van der Waals surface area contributed by atoms with Gasteiger partial charge in [-0.25, -0.2) is 9.37 Å². The second-order valence-corrected chi connectivity index (χ2v) is 7.28. The summed E-state index contributed by atoms with van der Waals surface area (Å²) in [4.78, 5) is 20.6. The van der Waals surface area contributed by atoms with Crippen LogP contribution in [0.2, 0.25) is 0 Å². The Morgan fingerprint density at radius 1 is 1.14 bits per heavy atom. The highest BCUT2D eigenvalue weighted by Gasteiger charge is 2.24. The summed E-state index contributed by atoms with van der Waals surface area (Å²) in [5, 5.41) is 7.08. The molecule has 0 bridgehead atoms. The number of aromatic nitrogens is 2. The summed E-state index contributed by atoms with van der Waals surface area (Å²) in [5.41, 5.74) is 13.1. The summed E-state index contributed by atoms with van der Waals surface area (Å²) >= 11 is 0. The molecule has 1 aliphatic rings. The first-order valence-electron chi connectivity index (χ1n) is 9.66. The maximum atomic E-state index is 14.7. The lowest BCUT2D eigenvalue weighted by Gasteiger charge is -2.30. The molecule has 0 saturated heterocycles. The van der Waals surface area contributed by atoms with Crippen molar-refractivity contribution in [3.8, 4) is 0 Å². The molecule has 3 aromatic rings. The molecule has 1 aromatic carbocycles. The first-order chi connectivity index (χ1) is 14.0. The number of nitrogens with zero attached hydrogens (tertiary/aromatic N) is 2. The van der Waals surface area contributed by atoms with E-state index in [-0.39, 0.29) is 29.3 Å². The fraction of sp³-hybridized carbons (Fsp3) is 0.286. The second-order valence-electron chi connectivity index (χ2n) is 7.28. The number of carbonyl (C=O) groups is 1. The Balaban J connectivity index is 1.72. The number of halogens is 1. The molecule has 4 rings (SSSR count). The van der Waals surface area contributed by atoms with Crippen molar-refractivity contribution >= 4 is 34.1 Å². The van der Waals surface area contributed by atoms with Crippen LogP contribution in [0.1, 0.15) is 36.0 Å². The van der Waals surface area contributed by atoms with Gasteiger partial charge in [-0.2, -0.15) is 0 Å². The SMILES string of the molecule is NC(=O)c1cc(F)c(N[C@@H]2CCCC[C@@H]2N)nc1Nc1ccnc2ccccc12. The van der Waals surface area contributed by atoms with Crippen LogP contribution in [-0.2, 0) is 0 Å². The van der Waals surface area contributed by atoms with E-state index in [4.69, 9.17) is 11.5 Å². The van der Waals surface area contributed by atoms with Crippen molar-refractivity contribution in [3.05, 3.63) is 54.0 Å². The van der Waals surface area contributed by atoms with E-state index in [1.807, 2.05) is 24.3 Å². The van der Waals surface area contributed by atoms with E-state index in [0.717, 1.165) is 42.7 Å². The topological polar surface area (TPSA) is 119 Å². The van der Waals surface area contributed by atoms with Crippen molar-refractivity contribution in [2.45, 2.75) is 37.8 Å². The van der Waals surface area contributed by atoms with Gasteiger partial charge in [-0.15, -0.1) is 0 Å². The Morgan fingerprint density at radius 3 is 2.72 bits per heavy atom. The highest BCUT2D eigenvalue weighted by atomic mass is 19.1. The summed E-state index contributed by atoms with van der Waals surface area (Å²) in [6, 6.07) is 10.3. The minimum atomic E-state index is -0.766. The number of para-hydroxylation sites is 1. The van der Waals surface area contributed by atoms with E-state index in [1.165, 1.54) is 0 Å². The Kier molecular flexibility index (Phi) is 5.26. The van der Waals surface area contributed by atoms with Gasteiger partial charge in [0.25, 0.3) is 5.91 Å². The molecule has 150 valence electrons. The van der Waals surface area contributed by atoms with Crippen LogP contribution >= 0.6 is 0 Å². The predicted molar refractivity (Wildman–Crippen MR) is 112 cm³/mol. The zero-order valence-corrected chi connectivity index (χ0v) is 15.9. The van der Waals surface area contributed by atoms with Crippen molar-refractivity contribution < 1.29 is 9.18 Å². The second kappa shape index (κ2) is 8.00. The minimum absolute atomic E-state index is 0.0260. The fourth-order valence-corrected chi connectivity index (χ4v) is 3.72. The number of anilines is 3. The Hall–Kier alpha value is -3.26. The van der Waals surface area contributed by atoms with Gasteiger partial charge in [0, 0.05) is 23.7 Å². The van der Waals surface area contributed by atoms with Crippen LogP contribution in [0.5, 0.6) is 0 Å². The molecule has 1 fully saturated rings. The molecule has 2 atom stereocenters. The monoisotopic (exact) mass is 394 g/mol. The Labute approximate surface area is 167 Å². The molecule has 1 saturated carbocycles. The lowest BCUT2D eigenvalue weighted by atomic mass is 9.91. The van der Waals surface area contributed by atoms with Crippen molar-refractivity contribution in [2.24, 2.45) is 11.5 Å². The number of benzene rings is 1. The van der Waals surface area contributed by atoms with Gasteiger partial charge >= 0.3 is 0 Å². The van der Waals surface area contributed by atoms with Crippen LogP contribution in [0.15, 0.2) is 42.6 Å². The minimum Gasteiger partial charge on any atom is -0.365 e. The third kappa shape index (κ3) is 3.97. The van der Waals surface area contributed by atoms with Gasteiger partial charge in [0.2, 0.25) is 0 Å². The van der Waals surface area contributed by atoms with Crippen LogP contribution in [0.4, 0.5) is 21.7 Å². The number of nitrogens with two attached hydrogens (primary N) is 2. The molecule has 6 N–H and O–H groups in total. The number of hydrogen-bond acceptors (Lipinski definition) is 6. The molecule has 0 unspecified atom stereocenters. The third-order valence-electron chi connectivity index (χ3n) is 5.29. The van der Waals surface area contributed by atoms with Gasteiger partial charge in [-0.1, -0.05) is 31.0 Å².